The molecule has 1 atom stereocenters. The van der Waals surface area contributed by atoms with Gasteiger partial charge in [0.25, 0.3) is 5.91 Å². The number of nitrogens with one attached hydrogen (secondary N) is 1. The van der Waals surface area contributed by atoms with Crippen LogP contribution in [-0.2, 0) is 9.59 Å². The molecule has 8 heteroatoms. The molecule has 148 valence electrons. The largest absolute Gasteiger partial charge is 0.497 e. The number of hydrogen-bond acceptors (Lipinski definition) is 5. The average Bonchev–Trinajstić information content (AvgIpc) is 3.18. The Balaban J connectivity index is 1.55. The van der Waals surface area contributed by atoms with Crippen molar-refractivity contribution in [1.29, 1.82) is 0 Å². The van der Waals surface area contributed by atoms with Crippen molar-refractivity contribution in [3.05, 3.63) is 29.5 Å². The maximum absolute atomic E-state index is 13.0. The summed E-state index contributed by atoms with van der Waals surface area (Å²) in [6.07, 6.45) is 0.816. The fraction of sp³-hybridized carbons (Fsp3) is 0.450. The average molecular weight is 386 g/mol. The Hall–Kier alpha value is -3.03. The first kappa shape index (κ1) is 18.3. The zero-order valence-corrected chi connectivity index (χ0v) is 15.8. The molecule has 2 fully saturated rings. The number of aryl methyl sites for hydroxylation is 1. The minimum Gasteiger partial charge on any atom is -0.497 e. The predicted octanol–water partition coefficient (Wildman–Crippen LogP) is 1.95. The van der Waals surface area contributed by atoms with Crippen LogP contribution in [-0.4, -0.2) is 53.5 Å². The van der Waals surface area contributed by atoms with Crippen LogP contribution in [0.1, 0.15) is 35.4 Å². The number of carboxylic acid groups (broad SMARTS) is 1. The van der Waals surface area contributed by atoms with E-state index in [9.17, 15) is 19.5 Å². The number of aliphatic carboxylic acids is 1. The lowest BCUT2D eigenvalue weighted by Gasteiger charge is -2.41. The number of piperidine rings is 1. The van der Waals surface area contributed by atoms with E-state index < -0.39 is 17.4 Å². The van der Waals surface area contributed by atoms with Gasteiger partial charge >= 0.3 is 5.97 Å². The minimum atomic E-state index is -0.972. The van der Waals surface area contributed by atoms with E-state index in [2.05, 4.69) is 5.32 Å². The van der Waals surface area contributed by atoms with Gasteiger partial charge in [0.1, 0.15) is 11.3 Å². The SMILES string of the molecule is COc1ccc2c(C)c(C(=O)N3CCC4(CC3)NC(=O)CC4C(=O)O)oc2c1. The Kier molecular flexibility index (Phi) is 4.28. The first-order valence-corrected chi connectivity index (χ1v) is 9.25. The summed E-state index contributed by atoms with van der Waals surface area (Å²) in [4.78, 5) is 38.0. The van der Waals surface area contributed by atoms with E-state index >= 15 is 0 Å². The molecule has 4 rings (SSSR count). The molecule has 2 aliphatic rings. The summed E-state index contributed by atoms with van der Waals surface area (Å²) in [5.41, 5.74) is 0.582. The number of benzene rings is 1. The van der Waals surface area contributed by atoms with Crippen molar-refractivity contribution >= 4 is 28.8 Å². The third-order valence-electron chi connectivity index (χ3n) is 6.03. The van der Waals surface area contributed by atoms with Crippen molar-refractivity contribution in [2.24, 2.45) is 5.92 Å². The Labute approximate surface area is 161 Å². The number of carboxylic acids is 1. The molecule has 1 aromatic heterocycles. The fourth-order valence-corrected chi connectivity index (χ4v) is 4.38. The summed E-state index contributed by atoms with van der Waals surface area (Å²) in [5.74, 6) is -1.26. The molecule has 2 saturated heterocycles. The highest BCUT2D eigenvalue weighted by atomic mass is 16.5. The lowest BCUT2D eigenvalue weighted by atomic mass is 9.77. The molecule has 8 nitrogen and oxygen atoms in total. The first-order valence-electron chi connectivity index (χ1n) is 9.25. The van der Waals surface area contributed by atoms with Crippen LogP contribution in [0.15, 0.2) is 22.6 Å². The monoisotopic (exact) mass is 386 g/mol. The van der Waals surface area contributed by atoms with Crippen LogP contribution in [0.2, 0.25) is 0 Å². The van der Waals surface area contributed by atoms with E-state index in [1.165, 1.54) is 0 Å². The summed E-state index contributed by atoms with van der Waals surface area (Å²) >= 11 is 0. The number of hydrogen-bond donors (Lipinski definition) is 2. The number of nitrogens with zero attached hydrogens (tertiary/aromatic N) is 1. The number of furan rings is 1. The van der Waals surface area contributed by atoms with Crippen molar-refractivity contribution in [3.63, 3.8) is 0 Å². The lowest BCUT2D eigenvalue weighted by Crippen LogP contribution is -2.56. The van der Waals surface area contributed by atoms with Crippen molar-refractivity contribution < 1.29 is 28.6 Å². The summed E-state index contributed by atoms with van der Waals surface area (Å²) in [7, 11) is 1.57. The van der Waals surface area contributed by atoms with Crippen LogP contribution >= 0.6 is 0 Å². The first-order chi connectivity index (χ1) is 13.3. The number of rotatable bonds is 3. The molecular formula is C20H22N2O6. The maximum Gasteiger partial charge on any atom is 0.309 e. The smallest absolute Gasteiger partial charge is 0.309 e. The second-order valence-corrected chi connectivity index (χ2v) is 7.51. The van der Waals surface area contributed by atoms with Crippen LogP contribution < -0.4 is 10.1 Å². The summed E-state index contributed by atoms with van der Waals surface area (Å²) in [6, 6.07) is 5.43. The summed E-state index contributed by atoms with van der Waals surface area (Å²) in [6.45, 7) is 2.57. The molecule has 2 aliphatic heterocycles. The molecule has 2 aromatic rings. The Morgan fingerprint density at radius 1 is 1.32 bits per heavy atom. The Morgan fingerprint density at radius 2 is 2.04 bits per heavy atom. The van der Waals surface area contributed by atoms with Crippen molar-refractivity contribution in [2.75, 3.05) is 20.2 Å². The highest BCUT2D eigenvalue weighted by Crippen LogP contribution is 2.38. The molecule has 0 saturated carbocycles. The number of likely N-dealkylation sites (tertiary alicyclic amines) is 1. The molecule has 3 heterocycles. The van der Waals surface area contributed by atoms with Crippen LogP contribution in [0, 0.1) is 12.8 Å². The number of carbonyl (C=O) groups is 3. The van der Waals surface area contributed by atoms with Gasteiger partial charge in [-0.3, -0.25) is 14.4 Å². The molecule has 0 radical (unpaired) electrons. The number of amides is 2. The van der Waals surface area contributed by atoms with Gasteiger partial charge in [-0.2, -0.15) is 0 Å². The van der Waals surface area contributed by atoms with Gasteiger partial charge in [0.15, 0.2) is 5.76 Å². The van der Waals surface area contributed by atoms with E-state index in [-0.39, 0.29) is 24.0 Å². The van der Waals surface area contributed by atoms with Gasteiger partial charge in [-0.15, -0.1) is 0 Å². The van der Waals surface area contributed by atoms with Crippen LogP contribution in [0.5, 0.6) is 5.75 Å². The molecule has 1 spiro atoms. The third-order valence-corrected chi connectivity index (χ3v) is 6.03. The van der Waals surface area contributed by atoms with Crippen LogP contribution in [0.3, 0.4) is 0 Å². The highest BCUT2D eigenvalue weighted by Gasteiger charge is 2.52. The van der Waals surface area contributed by atoms with E-state index in [1.54, 1.807) is 18.1 Å². The topological polar surface area (TPSA) is 109 Å². The van der Waals surface area contributed by atoms with Crippen LogP contribution in [0.25, 0.3) is 11.0 Å². The van der Waals surface area contributed by atoms with E-state index in [1.807, 2.05) is 19.1 Å². The van der Waals surface area contributed by atoms with Gasteiger partial charge in [0.05, 0.1) is 18.6 Å². The fourth-order valence-electron chi connectivity index (χ4n) is 4.38. The van der Waals surface area contributed by atoms with E-state index in [0.717, 1.165) is 10.9 Å². The molecule has 2 N–H and O–H groups in total. The quantitative estimate of drug-likeness (QED) is 0.834. The van der Waals surface area contributed by atoms with Crippen molar-refractivity contribution in [3.8, 4) is 5.75 Å². The van der Waals surface area contributed by atoms with Crippen LogP contribution in [0.4, 0.5) is 0 Å². The summed E-state index contributed by atoms with van der Waals surface area (Å²) in [5, 5.41) is 13.2. The molecule has 2 amide bonds. The number of methoxy groups -OCH3 is 1. The maximum atomic E-state index is 13.0. The zero-order chi connectivity index (χ0) is 20.1. The van der Waals surface area contributed by atoms with Gasteiger partial charge in [-0.1, -0.05) is 0 Å². The van der Waals surface area contributed by atoms with Gasteiger partial charge in [-0.25, -0.2) is 0 Å². The van der Waals surface area contributed by atoms with E-state index in [0.29, 0.717) is 37.3 Å². The predicted molar refractivity (Wildman–Crippen MR) is 99.3 cm³/mol. The third kappa shape index (κ3) is 2.80. The molecular weight excluding hydrogens is 364 g/mol. The lowest BCUT2D eigenvalue weighted by molar-refractivity contribution is -0.144. The van der Waals surface area contributed by atoms with Gasteiger partial charge in [-0.05, 0) is 31.9 Å². The second-order valence-electron chi connectivity index (χ2n) is 7.51. The molecule has 1 unspecified atom stereocenters. The van der Waals surface area contributed by atoms with Gasteiger partial charge < -0.3 is 24.5 Å². The molecule has 1 aromatic carbocycles. The minimum absolute atomic E-state index is 0.00616. The van der Waals surface area contributed by atoms with Crippen molar-refractivity contribution in [2.45, 2.75) is 31.7 Å². The van der Waals surface area contributed by atoms with Gasteiger partial charge in [0, 0.05) is 36.5 Å². The van der Waals surface area contributed by atoms with Crippen molar-refractivity contribution in [1.82, 2.24) is 10.2 Å². The highest BCUT2D eigenvalue weighted by molar-refractivity contribution is 5.99. The number of ether oxygens (including phenoxy) is 1. The van der Waals surface area contributed by atoms with Gasteiger partial charge in [0.2, 0.25) is 5.91 Å². The molecule has 28 heavy (non-hydrogen) atoms. The standard InChI is InChI=1S/C20H22N2O6/c1-11-13-4-3-12(27-2)9-15(13)28-17(11)18(24)22-7-5-20(6-8-22)14(19(25)26)10-16(23)21-20/h3-4,9,14H,5-8,10H2,1-2H3,(H,21,23)(H,25,26). The normalized spacial score (nSPS) is 21.1. The molecule has 0 aliphatic carbocycles. The number of carbonyl (C=O) groups excluding carboxylic acids is 2. The second kappa shape index (κ2) is 6.54. The Morgan fingerprint density at radius 3 is 2.68 bits per heavy atom. The summed E-state index contributed by atoms with van der Waals surface area (Å²) < 4.78 is 11.0. The number of fused-ring (bicyclic) bond motifs is 1. The molecule has 0 bridgehead atoms. The zero-order valence-electron chi connectivity index (χ0n) is 15.8. The van der Waals surface area contributed by atoms with E-state index in [4.69, 9.17) is 9.15 Å². The Bertz CT molecular complexity index is 970.